The molecular formula is C35H42F2N4O4. The van der Waals surface area contributed by atoms with Crippen molar-refractivity contribution < 1.29 is 28.3 Å². The number of likely N-dealkylation sites (N-methyl/N-ethyl adjacent to an activating group) is 2. The molecule has 0 saturated heterocycles. The van der Waals surface area contributed by atoms with Gasteiger partial charge in [-0.1, -0.05) is 54.6 Å². The molecule has 0 spiro atoms. The molecule has 4 N–H and O–H groups in total. The van der Waals surface area contributed by atoms with Gasteiger partial charge in [-0.15, -0.1) is 0 Å². The van der Waals surface area contributed by atoms with Crippen molar-refractivity contribution in [3.63, 3.8) is 0 Å². The summed E-state index contributed by atoms with van der Waals surface area (Å²) in [5.74, 6) is -3.58. The summed E-state index contributed by atoms with van der Waals surface area (Å²) in [4.78, 5) is 43.6. The number of hydrogen-bond acceptors (Lipinski definition) is 5. The maximum Gasteiger partial charge on any atom is 0.246 e. The number of nitrogens with zero attached hydrogens (tertiary/aromatic N) is 2. The second-order valence-corrected chi connectivity index (χ2v) is 12.2. The maximum absolute atomic E-state index is 14.3. The summed E-state index contributed by atoms with van der Waals surface area (Å²) < 4.78 is 27.7. The van der Waals surface area contributed by atoms with Gasteiger partial charge in [0.1, 0.15) is 12.1 Å². The predicted octanol–water partition coefficient (Wildman–Crippen LogP) is 3.88. The van der Waals surface area contributed by atoms with Crippen molar-refractivity contribution in [2.24, 2.45) is 5.73 Å². The van der Waals surface area contributed by atoms with E-state index in [-0.39, 0.29) is 30.8 Å². The molecule has 240 valence electrons. The van der Waals surface area contributed by atoms with Crippen LogP contribution < -0.4 is 11.1 Å². The quantitative estimate of drug-likeness (QED) is 0.251. The van der Waals surface area contributed by atoms with Crippen LogP contribution in [0, 0.1) is 11.6 Å². The van der Waals surface area contributed by atoms with Gasteiger partial charge in [0.2, 0.25) is 17.7 Å². The van der Waals surface area contributed by atoms with Crippen molar-refractivity contribution in [2.75, 3.05) is 20.6 Å². The highest BCUT2D eigenvalue weighted by molar-refractivity contribution is 5.95. The molecule has 1 saturated carbocycles. The molecule has 1 aliphatic carbocycles. The third kappa shape index (κ3) is 8.73. The number of nitrogens with one attached hydrogen (secondary N) is 1. The van der Waals surface area contributed by atoms with E-state index in [1.54, 1.807) is 13.1 Å². The molecular weight excluding hydrogens is 578 g/mol. The van der Waals surface area contributed by atoms with Crippen LogP contribution in [0.2, 0.25) is 0 Å². The van der Waals surface area contributed by atoms with Crippen LogP contribution in [0.25, 0.3) is 10.8 Å². The second kappa shape index (κ2) is 14.8. The van der Waals surface area contributed by atoms with Gasteiger partial charge in [-0.05, 0) is 72.7 Å². The van der Waals surface area contributed by atoms with E-state index in [2.05, 4.69) is 5.32 Å². The molecule has 0 bridgehead atoms. The van der Waals surface area contributed by atoms with Gasteiger partial charge in [0.25, 0.3) is 0 Å². The molecule has 1 aliphatic rings. The fourth-order valence-corrected chi connectivity index (χ4v) is 5.53. The minimum atomic E-state index is -1.14. The highest BCUT2D eigenvalue weighted by atomic mass is 19.2. The molecule has 3 aromatic carbocycles. The summed E-state index contributed by atoms with van der Waals surface area (Å²) in [6, 6.07) is 14.8. The number of fused-ring (bicyclic) bond motifs is 1. The van der Waals surface area contributed by atoms with Gasteiger partial charge in [0.15, 0.2) is 11.6 Å². The van der Waals surface area contributed by atoms with E-state index in [4.69, 9.17) is 5.73 Å². The minimum Gasteiger partial charge on any atom is -0.392 e. The Balaban J connectivity index is 1.64. The van der Waals surface area contributed by atoms with E-state index < -0.39 is 41.6 Å². The molecule has 0 radical (unpaired) electrons. The number of carbonyl (C=O) groups is 3. The first kappa shape index (κ1) is 33.7. The smallest absolute Gasteiger partial charge is 0.246 e. The number of rotatable bonds is 13. The fraction of sp³-hybridized carbons (Fsp3) is 0.400. The van der Waals surface area contributed by atoms with Crippen molar-refractivity contribution in [1.82, 2.24) is 15.1 Å². The summed E-state index contributed by atoms with van der Waals surface area (Å²) in [7, 11) is 2.99. The van der Waals surface area contributed by atoms with Crippen LogP contribution in [-0.2, 0) is 27.2 Å². The SMILES string of the molecule is C[C@@H](O)CNC(=O)[C@@H](Cc1ccc(F)c(F)c1)N(C)C(=O)[C@@H](Cc1ccc2ccccc2c1)N(C)C(=O)C=CCC1(N)CCC1. The lowest BCUT2D eigenvalue weighted by Crippen LogP contribution is -2.56. The lowest BCUT2D eigenvalue weighted by molar-refractivity contribution is -0.146. The number of hydrogen-bond donors (Lipinski definition) is 3. The summed E-state index contributed by atoms with van der Waals surface area (Å²) >= 11 is 0. The number of carbonyl (C=O) groups excluding carboxylic acids is 3. The molecule has 0 unspecified atom stereocenters. The first-order valence-corrected chi connectivity index (χ1v) is 15.2. The first-order chi connectivity index (χ1) is 21.4. The van der Waals surface area contributed by atoms with Gasteiger partial charge in [-0.2, -0.15) is 0 Å². The molecule has 0 aliphatic heterocycles. The standard InChI is InChI=1S/C35H42F2N4O4/c1-23(42)22-39-33(44)30(20-25-12-14-28(36)29(37)19-25)41(3)34(45)31(21-24-11-13-26-8-4-5-9-27(26)18-24)40(2)32(43)10-6-15-35(38)16-7-17-35/h4-6,8-14,18-19,23,30-31,42H,7,15-17,20-22,38H2,1-3H3,(H,39,44)/t23-,30-,31-/m1/s1. The molecule has 10 heteroatoms. The van der Waals surface area contributed by atoms with Crippen molar-refractivity contribution >= 4 is 28.5 Å². The highest BCUT2D eigenvalue weighted by Gasteiger charge is 2.35. The number of nitrogens with two attached hydrogens (primary N) is 1. The molecule has 0 aromatic heterocycles. The van der Waals surface area contributed by atoms with Crippen LogP contribution in [0.15, 0.2) is 72.8 Å². The van der Waals surface area contributed by atoms with Crippen LogP contribution in [0.1, 0.15) is 43.7 Å². The Morgan fingerprint density at radius 3 is 2.22 bits per heavy atom. The van der Waals surface area contributed by atoms with Crippen molar-refractivity contribution in [1.29, 1.82) is 0 Å². The summed E-state index contributed by atoms with van der Waals surface area (Å²) in [6.07, 6.45) is 5.78. The van der Waals surface area contributed by atoms with Crippen LogP contribution in [-0.4, -0.2) is 77.0 Å². The number of aliphatic hydroxyl groups excluding tert-OH is 1. The zero-order valence-electron chi connectivity index (χ0n) is 26.0. The largest absolute Gasteiger partial charge is 0.392 e. The monoisotopic (exact) mass is 620 g/mol. The van der Waals surface area contributed by atoms with Crippen LogP contribution in [0.3, 0.4) is 0 Å². The Kier molecular flexibility index (Phi) is 11.1. The number of benzene rings is 3. The highest BCUT2D eigenvalue weighted by Crippen LogP contribution is 2.32. The molecule has 3 amide bonds. The average molecular weight is 621 g/mol. The summed E-state index contributed by atoms with van der Waals surface area (Å²) in [5, 5.41) is 14.4. The molecule has 45 heavy (non-hydrogen) atoms. The van der Waals surface area contributed by atoms with Gasteiger partial charge in [-0.25, -0.2) is 8.78 Å². The molecule has 3 aromatic rings. The van der Waals surface area contributed by atoms with E-state index in [1.165, 1.54) is 35.9 Å². The van der Waals surface area contributed by atoms with Crippen LogP contribution >= 0.6 is 0 Å². The van der Waals surface area contributed by atoms with E-state index in [9.17, 15) is 28.3 Å². The first-order valence-electron chi connectivity index (χ1n) is 15.2. The van der Waals surface area contributed by atoms with Crippen molar-refractivity contribution in [2.45, 2.75) is 69.2 Å². The Morgan fingerprint density at radius 2 is 1.58 bits per heavy atom. The van der Waals surface area contributed by atoms with Gasteiger partial charge >= 0.3 is 0 Å². The Morgan fingerprint density at radius 1 is 0.933 bits per heavy atom. The van der Waals surface area contributed by atoms with E-state index in [0.717, 1.165) is 47.7 Å². The molecule has 0 heterocycles. The topological polar surface area (TPSA) is 116 Å². The fourth-order valence-electron chi connectivity index (χ4n) is 5.53. The van der Waals surface area contributed by atoms with Gasteiger partial charge in [0, 0.05) is 39.0 Å². The molecule has 3 atom stereocenters. The lowest BCUT2D eigenvalue weighted by Gasteiger charge is -2.37. The van der Waals surface area contributed by atoms with Crippen molar-refractivity contribution in [3.8, 4) is 0 Å². The summed E-state index contributed by atoms with van der Waals surface area (Å²) in [5.41, 5.74) is 7.13. The Labute approximate surface area is 262 Å². The zero-order valence-corrected chi connectivity index (χ0v) is 26.0. The van der Waals surface area contributed by atoms with Crippen LogP contribution in [0.4, 0.5) is 8.78 Å². The minimum absolute atomic E-state index is 0.0680. The molecule has 8 nitrogen and oxygen atoms in total. The molecule has 4 rings (SSSR count). The third-order valence-corrected chi connectivity index (χ3v) is 8.58. The van der Waals surface area contributed by atoms with Crippen molar-refractivity contribution in [3.05, 3.63) is 95.6 Å². The van der Waals surface area contributed by atoms with Gasteiger partial charge in [0.05, 0.1) is 6.10 Å². The second-order valence-electron chi connectivity index (χ2n) is 12.2. The Hall–Kier alpha value is -4.15. The number of amides is 3. The van der Waals surface area contributed by atoms with Gasteiger partial charge in [-0.3, -0.25) is 14.4 Å². The van der Waals surface area contributed by atoms with Crippen LogP contribution in [0.5, 0.6) is 0 Å². The zero-order chi connectivity index (χ0) is 32.7. The maximum atomic E-state index is 14.3. The number of aliphatic hydroxyl groups is 1. The predicted molar refractivity (Wildman–Crippen MR) is 170 cm³/mol. The third-order valence-electron chi connectivity index (χ3n) is 8.58. The van der Waals surface area contributed by atoms with Gasteiger partial charge < -0.3 is 26.0 Å². The van der Waals surface area contributed by atoms with E-state index >= 15 is 0 Å². The average Bonchev–Trinajstić information content (AvgIpc) is 3.00. The lowest BCUT2D eigenvalue weighted by atomic mass is 9.75. The van der Waals surface area contributed by atoms with E-state index in [1.807, 2.05) is 42.5 Å². The normalized spacial score (nSPS) is 16.1. The Bertz CT molecular complexity index is 1560. The summed E-state index contributed by atoms with van der Waals surface area (Å²) in [6.45, 7) is 1.44. The number of halogens is 2. The van der Waals surface area contributed by atoms with E-state index in [0.29, 0.717) is 12.0 Å². The molecule has 1 fully saturated rings.